The molecule has 0 fully saturated rings. The molecule has 0 aromatic carbocycles. The molecule has 1 aromatic rings. The fourth-order valence-electron chi connectivity index (χ4n) is 1.61. The van der Waals surface area contributed by atoms with Gasteiger partial charge < -0.3 is 0 Å². The minimum atomic E-state index is 0.0897. The Bertz CT molecular complexity index is 356. The molecule has 0 aliphatic rings. The van der Waals surface area contributed by atoms with Crippen molar-refractivity contribution in [1.82, 2.24) is 4.98 Å². The normalized spacial score (nSPS) is 13.0. The minimum Gasteiger partial charge on any atom is -0.245 e. The number of halogens is 1. The molecule has 1 heterocycles. The molecule has 84 valence electrons. The van der Waals surface area contributed by atoms with E-state index >= 15 is 0 Å². The number of hydrogen-bond acceptors (Lipinski definition) is 1. The molecule has 2 heteroatoms. The molecule has 0 atom stereocenters. The molecule has 0 saturated heterocycles. The summed E-state index contributed by atoms with van der Waals surface area (Å²) < 4.78 is 0.917. The van der Waals surface area contributed by atoms with E-state index in [1.54, 1.807) is 0 Å². The molecule has 0 unspecified atom stereocenters. The molecule has 0 aliphatic heterocycles. The molecule has 0 aliphatic carbocycles. The molecular weight excluding hydrogens is 250 g/mol. The Morgan fingerprint density at radius 1 is 0.933 bits per heavy atom. The summed E-state index contributed by atoms with van der Waals surface area (Å²) in [7, 11) is 0. The highest BCUT2D eigenvalue weighted by Gasteiger charge is 2.26. The molecule has 0 bridgehead atoms. The van der Waals surface area contributed by atoms with Crippen LogP contribution >= 0.6 is 15.9 Å². The maximum atomic E-state index is 4.63. The monoisotopic (exact) mass is 269 g/mol. The van der Waals surface area contributed by atoms with Gasteiger partial charge in [-0.1, -0.05) is 47.6 Å². The van der Waals surface area contributed by atoms with Crippen molar-refractivity contribution in [2.75, 3.05) is 0 Å². The second-order valence-corrected chi connectivity index (χ2v) is 6.84. The lowest BCUT2D eigenvalue weighted by Gasteiger charge is -2.28. The van der Waals surface area contributed by atoms with Crippen LogP contribution in [0.2, 0.25) is 0 Å². The summed E-state index contributed by atoms with van der Waals surface area (Å²) in [6.45, 7) is 13.3. The van der Waals surface area contributed by atoms with Gasteiger partial charge >= 0.3 is 0 Å². The van der Waals surface area contributed by atoms with E-state index in [1.807, 2.05) is 6.07 Å². The van der Waals surface area contributed by atoms with E-state index in [-0.39, 0.29) is 10.8 Å². The van der Waals surface area contributed by atoms with Gasteiger partial charge in [-0.2, -0.15) is 0 Å². The number of pyridine rings is 1. The molecule has 15 heavy (non-hydrogen) atoms. The summed E-state index contributed by atoms with van der Waals surface area (Å²) in [6.07, 6.45) is 0. The smallest absolute Gasteiger partial charge is 0.106 e. The third kappa shape index (κ3) is 3.04. The Morgan fingerprint density at radius 3 is 1.87 bits per heavy atom. The van der Waals surface area contributed by atoms with Crippen LogP contribution in [0.5, 0.6) is 0 Å². The van der Waals surface area contributed by atoms with Crippen LogP contribution in [0, 0.1) is 0 Å². The van der Waals surface area contributed by atoms with Crippen LogP contribution in [-0.2, 0) is 10.8 Å². The third-order valence-corrected chi connectivity index (χ3v) is 2.82. The number of hydrogen-bond donors (Lipinski definition) is 0. The van der Waals surface area contributed by atoms with Gasteiger partial charge in [0.15, 0.2) is 0 Å². The van der Waals surface area contributed by atoms with Crippen molar-refractivity contribution in [1.29, 1.82) is 0 Å². The largest absolute Gasteiger partial charge is 0.245 e. The Morgan fingerprint density at radius 2 is 1.47 bits per heavy atom. The van der Waals surface area contributed by atoms with Crippen molar-refractivity contribution in [2.24, 2.45) is 0 Å². The summed E-state index contributed by atoms with van der Waals surface area (Å²) in [5.41, 5.74) is 2.76. The first kappa shape index (κ1) is 12.7. The summed E-state index contributed by atoms with van der Waals surface area (Å²) in [6, 6.07) is 4.20. The van der Waals surface area contributed by atoms with Gasteiger partial charge in [-0.3, -0.25) is 0 Å². The van der Waals surface area contributed by atoms with Crippen LogP contribution in [-0.4, -0.2) is 4.98 Å². The highest BCUT2D eigenvalue weighted by Crippen LogP contribution is 2.33. The molecule has 1 aromatic heterocycles. The van der Waals surface area contributed by atoms with Gasteiger partial charge in [0.2, 0.25) is 0 Å². The Balaban J connectivity index is 3.41. The molecular formula is C13H20BrN. The quantitative estimate of drug-likeness (QED) is 0.635. The van der Waals surface area contributed by atoms with Crippen molar-refractivity contribution >= 4 is 15.9 Å². The summed E-state index contributed by atoms with van der Waals surface area (Å²) in [5.74, 6) is 0. The maximum absolute atomic E-state index is 4.63. The lowest BCUT2D eigenvalue weighted by atomic mass is 9.78. The van der Waals surface area contributed by atoms with E-state index in [0.717, 1.165) is 4.60 Å². The van der Waals surface area contributed by atoms with Crippen molar-refractivity contribution < 1.29 is 0 Å². The zero-order valence-corrected chi connectivity index (χ0v) is 12.1. The van der Waals surface area contributed by atoms with Crippen LogP contribution in [0.1, 0.15) is 52.8 Å². The van der Waals surface area contributed by atoms with Gasteiger partial charge in [0.05, 0.1) is 5.69 Å². The van der Waals surface area contributed by atoms with Gasteiger partial charge in [0.1, 0.15) is 4.60 Å². The number of rotatable bonds is 0. The fraction of sp³-hybridized carbons (Fsp3) is 0.615. The first-order valence-corrected chi connectivity index (χ1v) is 6.09. The second-order valence-electron chi connectivity index (χ2n) is 6.03. The molecule has 0 spiro atoms. The first-order chi connectivity index (χ1) is 6.62. The van der Waals surface area contributed by atoms with Crippen LogP contribution in [0.15, 0.2) is 16.7 Å². The highest BCUT2D eigenvalue weighted by atomic mass is 79.9. The third-order valence-electron chi connectivity index (χ3n) is 2.38. The molecule has 1 nitrogen and oxygen atoms in total. The summed E-state index contributed by atoms with van der Waals surface area (Å²) >= 11 is 3.44. The molecule has 0 amide bonds. The molecule has 1 rings (SSSR count). The van der Waals surface area contributed by atoms with Gasteiger partial charge in [0, 0.05) is 5.41 Å². The Labute approximate surface area is 101 Å². The minimum absolute atomic E-state index is 0.0897. The van der Waals surface area contributed by atoms with Gasteiger partial charge in [-0.25, -0.2) is 4.98 Å². The highest BCUT2D eigenvalue weighted by molar-refractivity contribution is 9.10. The van der Waals surface area contributed by atoms with Gasteiger partial charge in [0.25, 0.3) is 0 Å². The average molecular weight is 270 g/mol. The van der Waals surface area contributed by atoms with Crippen molar-refractivity contribution in [3.05, 3.63) is 28.0 Å². The van der Waals surface area contributed by atoms with E-state index in [9.17, 15) is 0 Å². The molecule has 0 N–H and O–H groups in total. The zero-order valence-electron chi connectivity index (χ0n) is 10.5. The number of aromatic nitrogens is 1. The SMILES string of the molecule is CC(C)(C)c1ccc(Br)nc1C(C)(C)C. The van der Waals surface area contributed by atoms with Gasteiger partial charge in [-0.15, -0.1) is 0 Å². The van der Waals surface area contributed by atoms with Crippen LogP contribution in [0.25, 0.3) is 0 Å². The standard InChI is InChI=1S/C13H20BrN/c1-12(2,3)9-7-8-10(14)15-11(9)13(4,5)6/h7-8H,1-6H3. The Kier molecular flexibility index (Phi) is 3.30. The maximum Gasteiger partial charge on any atom is 0.106 e. The van der Waals surface area contributed by atoms with E-state index < -0.39 is 0 Å². The van der Waals surface area contributed by atoms with Crippen molar-refractivity contribution in [3.63, 3.8) is 0 Å². The zero-order chi connectivity index (χ0) is 11.9. The first-order valence-electron chi connectivity index (χ1n) is 5.30. The number of nitrogens with zero attached hydrogens (tertiary/aromatic N) is 1. The predicted octanol–water partition coefficient (Wildman–Crippen LogP) is 4.44. The molecule has 0 radical (unpaired) electrons. The summed E-state index contributed by atoms with van der Waals surface area (Å²) in [4.78, 5) is 4.63. The summed E-state index contributed by atoms with van der Waals surface area (Å²) in [5, 5.41) is 0. The fourth-order valence-corrected chi connectivity index (χ4v) is 1.92. The lowest BCUT2D eigenvalue weighted by Crippen LogP contribution is -2.23. The van der Waals surface area contributed by atoms with Gasteiger partial charge in [-0.05, 0) is 33.0 Å². The lowest BCUT2D eigenvalue weighted by molar-refractivity contribution is 0.513. The van der Waals surface area contributed by atoms with Crippen LogP contribution in [0.4, 0.5) is 0 Å². The van der Waals surface area contributed by atoms with E-state index in [4.69, 9.17) is 0 Å². The topological polar surface area (TPSA) is 12.9 Å². The van der Waals surface area contributed by atoms with E-state index in [2.05, 4.69) is 68.5 Å². The average Bonchev–Trinajstić information content (AvgIpc) is 2.00. The van der Waals surface area contributed by atoms with E-state index in [0.29, 0.717) is 0 Å². The molecule has 0 saturated carbocycles. The van der Waals surface area contributed by atoms with Crippen LogP contribution in [0.3, 0.4) is 0 Å². The predicted molar refractivity (Wildman–Crippen MR) is 69.3 cm³/mol. The van der Waals surface area contributed by atoms with Crippen molar-refractivity contribution in [3.8, 4) is 0 Å². The Hall–Kier alpha value is -0.370. The van der Waals surface area contributed by atoms with E-state index in [1.165, 1.54) is 11.3 Å². The van der Waals surface area contributed by atoms with Crippen LogP contribution < -0.4 is 0 Å². The van der Waals surface area contributed by atoms with Crippen molar-refractivity contribution in [2.45, 2.75) is 52.4 Å². The second kappa shape index (κ2) is 3.89.